The third kappa shape index (κ3) is 4.93. The van der Waals surface area contributed by atoms with Crippen LogP contribution in [0, 0.1) is 10.5 Å². The van der Waals surface area contributed by atoms with E-state index >= 15 is 0 Å². The van der Waals surface area contributed by atoms with Crippen molar-refractivity contribution in [2.45, 2.75) is 6.92 Å². The molecule has 0 spiro atoms. The number of aromatic hydroxyl groups is 1. The Kier molecular flexibility index (Phi) is 6.00. The number of anilines is 1. The zero-order valence-electron chi connectivity index (χ0n) is 12.1. The van der Waals surface area contributed by atoms with Crippen LogP contribution >= 0.6 is 38.5 Å². The highest BCUT2D eigenvalue weighted by atomic mass is 127. The van der Waals surface area contributed by atoms with Crippen molar-refractivity contribution in [1.82, 2.24) is 0 Å². The molecule has 0 aliphatic heterocycles. The lowest BCUT2D eigenvalue weighted by molar-refractivity contribution is -0.119. The summed E-state index contributed by atoms with van der Waals surface area (Å²) in [5, 5.41) is 12.3. The summed E-state index contributed by atoms with van der Waals surface area (Å²) in [5.74, 6) is -1.41. The van der Waals surface area contributed by atoms with Gasteiger partial charge in [0, 0.05) is 13.7 Å². The summed E-state index contributed by atoms with van der Waals surface area (Å²) < 4.78 is 6.62. The Hall–Kier alpha value is -1.61. The fraction of sp³-hybridized carbons (Fsp3) is 0.125. The number of aryl methyl sites for hydroxylation is 1. The first-order valence-electron chi connectivity index (χ1n) is 6.58. The van der Waals surface area contributed by atoms with Crippen LogP contribution in [0.2, 0.25) is 0 Å². The first kappa shape index (κ1) is 17.7. The van der Waals surface area contributed by atoms with Gasteiger partial charge in [-0.15, -0.1) is 0 Å². The first-order chi connectivity index (χ1) is 10.9. The summed E-state index contributed by atoms with van der Waals surface area (Å²) in [4.78, 5) is 23.8. The van der Waals surface area contributed by atoms with E-state index in [1.165, 1.54) is 12.1 Å². The van der Waals surface area contributed by atoms with Gasteiger partial charge in [0.25, 0.3) is 5.91 Å². The molecule has 0 saturated carbocycles. The van der Waals surface area contributed by atoms with Crippen molar-refractivity contribution < 1.29 is 19.4 Å². The Morgan fingerprint density at radius 3 is 2.70 bits per heavy atom. The van der Waals surface area contributed by atoms with Crippen LogP contribution in [0.25, 0.3) is 0 Å². The molecule has 0 heterocycles. The van der Waals surface area contributed by atoms with Gasteiger partial charge in [0.15, 0.2) is 6.61 Å². The molecule has 5 nitrogen and oxygen atoms in total. The smallest absolute Gasteiger partial charge is 0.342 e. The van der Waals surface area contributed by atoms with E-state index < -0.39 is 18.5 Å². The second-order valence-corrected chi connectivity index (χ2v) is 6.91. The van der Waals surface area contributed by atoms with Crippen LogP contribution in [0.15, 0.2) is 40.9 Å². The molecule has 2 aromatic carbocycles. The lowest BCUT2D eigenvalue weighted by atomic mass is 10.2. The third-order valence-electron chi connectivity index (χ3n) is 2.98. The standard InChI is InChI=1S/C16H13BrINO4/c1-9-6-11(18)3-4-13(9)19-15(21)8-23-16(22)12-7-10(17)2-5-14(12)20/h2-7,20H,8H2,1H3,(H,19,21). The Bertz CT molecular complexity index is 764. The molecule has 0 unspecified atom stereocenters. The average molecular weight is 490 g/mol. The molecule has 2 N–H and O–H groups in total. The van der Waals surface area contributed by atoms with Crippen LogP contribution in [0.1, 0.15) is 15.9 Å². The van der Waals surface area contributed by atoms with Crippen LogP contribution in [-0.2, 0) is 9.53 Å². The van der Waals surface area contributed by atoms with E-state index in [9.17, 15) is 14.7 Å². The molecule has 0 bridgehead atoms. The predicted octanol–water partition coefficient (Wildman–Crippen LogP) is 3.86. The van der Waals surface area contributed by atoms with Crippen molar-refractivity contribution in [2.75, 3.05) is 11.9 Å². The monoisotopic (exact) mass is 489 g/mol. The van der Waals surface area contributed by atoms with Crippen molar-refractivity contribution in [1.29, 1.82) is 0 Å². The average Bonchev–Trinajstić information content (AvgIpc) is 2.50. The van der Waals surface area contributed by atoms with Crippen molar-refractivity contribution in [3.05, 3.63) is 55.6 Å². The van der Waals surface area contributed by atoms with Crippen LogP contribution < -0.4 is 5.32 Å². The van der Waals surface area contributed by atoms with E-state index in [1.807, 2.05) is 19.1 Å². The Morgan fingerprint density at radius 1 is 1.26 bits per heavy atom. The van der Waals surface area contributed by atoms with Gasteiger partial charge in [0.1, 0.15) is 11.3 Å². The fourth-order valence-electron chi connectivity index (χ4n) is 1.83. The fourth-order valence-corrected chi connectivity index (χ4v) is 2.84. The topological polar surface area (TPSA) is 75.6 Å². The Morgan fingerprint density at radius 2 is 2.00 bits per heavy atom. The molecule has 2 aromatic rings. The lowest BCUT2D eigenvalue weighted by Gasteiger charge is -2.10. The number of hydrogen-bond donors (Lipinski definition) is 2. The Balaban J connectivity index is 1.96. The highest BCUT2D eigenvalue weighted by molar-refractivity contribution is 14.1. The minimum atomic E-state index is -0.765. The third-order valence-corrected chi connectivity index (χ3v) is 4.14. The quantitative estimate of drug-likeness (QED) is 0.505. The molecular weight excluding hydrogens is 477 g/mol. The van der Waals surface area contributed by atoms with E-state index in [4.69, 9.17) is 4.74 Å². The van der Waals surface area contributed by atoms with E-state index in [0.29, 0.717) is 10.2 Å². The van der Waals surface area contributed by atoms with Crippen LogP contribution in [0.3, 0.4) is 0 Å². The van der Waals surface area contributed by atoms with Gasteiger partial charge in [0.2, 0.25) is 0 Å². The zero-order valence-corrected chi connectivity index (χ0v) is 15.8. The van der Waals surface area contributed by atoms with Gasteiger partial charge >= 0.3 is 5.97 Å². The normalized spacial score (nSPS) is 10.2. The number of amides is 1. The van der Waals surface area contributed by atoms with Crippen LogP contribution in [0.5, 0.6) is 5.75 Å². The second-order valence-electron chi connectivity index (χ2n) is 4.75. The SMILES string of the molecule is Cc1cc(I)ccc1NC(=O)COC(=O)c1cc(Br)ccc1O. The summed E-state index contributed by atoms with van der Waals surface area (Å²) in [6.07, 6.45) is 0. The number of benzene rings is 2. The minimum absolute atomic E-state index is 0.00220. The van der Waals surface area contributed by atoms with E-state index in [-0.39, 0.29) is 11.3 Å². The first-order valence-corrected chi connectivity index (χ1v) is 8.45. The molecule has 23 heavy (non-hydrogen) atoms. The number of halogens is 2. The van der Waals surface area contributed by atoms with E-state index in [2.05, 4.69) is 43.8 Å². The minimum Gasteiger partial charge on any atom is -0.507 e. The summed E-state index contributed by atoms with van der Waals surface area (Å²) in [7, 11) is 0. The highest BCUT2D eigenvalue weighted by Crippen LogP contribution is 2.22. The maximum absolute atomic E-state index is 11.9. The predicted molar refractivity (Wildman–Crippen MR) is 98.6 cm³/mol. The van der Waals surface area contributed by atoms with Crippen LogP contribution in [-0.4, -0.2) is 23.6 Å². The number of nitrogens with one attached hydrogen (secondary N) is 1. The zero-order chi connectivity index (χ0) is 17.0. The van der Waals surface area contributed by atoms with Gasteiger partial charge < -0.3 is 15.2 Å². The number of carbonyl (C=O) groups is 2. The van der Waals surface area contributed by atoms with Crippen molar-refractivity contribution in [3.8, 4) is 5.75 Å². The maximum Gasteiger partial charge on any atom is 0.342 e. The highest BCUT2D eigenvalue weighted by Gasteiger charge is 2.15. The molecule has 0 aromatic heterocycles. The number of carbonyl (C=O) groups excluding carboxylic acids is 2. The number of phenols is 1. The molecule has 1 amide bonds. The van der Waals surface area contributed by atoms with Gasteiger partial charge in [0.05, 0.1) is 0 Å². The molecule has 2 rings (SSSR count). The number of hydrogen-bond acceptors (Lipinski definition) is 4. The lowest BCUT2D eigenvalue weighted by Crippen LogP contribution is -2.21. The summed E-state index contributed by atoms with van der Waals surface area (Å²) in [5.41, 5.74) is 1.58. The molecule has 0 aliphatic carbocycles. The summed E-state index contributed by atoms with van der Waals surface area (Å²) in [6, 6.07) is 9.99. The molecule has 0 atom stereocenters. The van der Waals surface area contributed by atoms with Crippen molar-refractivity contribution >= 4 is 56.1 Å². The van der Waals surface area contributed by atoms with Gasteiger partial charge in [-0.25, -0.2) is 4.79 Å². The van der Waals surface area contributed by atoms with Gasteiger partial charge in [-0.2, -0.15) is 0 Å². The molecule has 0 saturated heterocycles. The van der Waals surface area contributed by atoms with Crippen molar-refractivity contribution in [2.24, 2.45) is 0 Å². The molecular formula is C16H13BrINO4. The van der Waals surface area contributed by atoms with Gasteiger partial charge in [-0.3, -0.25) is 4.79 Å². The molecule has 7 heteroatoms. The van der Waals surface area contributed by atoms with Crippen LogP contribution in [0.4, 0.5) is 5.69 Å². The molecule has 120 valence electrons. The maximum atomic E-state index is 11.9. The van der Waals surface area contributed by atoms with E-state index in [0.717, 1.165) is 9.13 Å². The second kappa shape index (κ2) is 7.78. The molecule has 0 radical (unpaired) electrons. The van der Waals surface area contributed by atoms with Crippen molar-refractivity contribution in [3.63, 3.8) is 0 Å². The number of phenolic OH excluding ortho intramolecular Hbond substituents is 1. The van der Waals surface area contributed by atoms with E-state index in [1.54, 1.807) is 12.1 Å². The summed E-state index contributed by atoms with van der Waals surface area (Å²) >= 11 is 5.39. The number of ether oxygens (including phenoxy) is 1. The summed E-state index contributed by atoms with van der Waals surface area (Å²) in [6.45, 7) is 1.44. The molecule has 0 aliphatic rings. The number of rotatable bonds is 4. The van der Waals surface area contributed by atoms with Gasteiger partial charge in [-0.1, -0.05) is 15.9 Å². The number of esters is 1. The molecule has 0 fully saturated rings. The largest absolute Gasteiger partial charge is 0.507 e. The Labute approximate surface area is 155 Å². The van der Waals surface area contributed by atoms with Gasteiger partial charge in [-0.05, 0) is 71.5 Å².